The van der Waals surface area contributed by atoms with Crippen molar-refractivity contribution < 1.29 is 53.1 Å². The molecule has 0 atom stereocenters. The van der Waals surface area contributed by atoms with Crippen LogP contribution in [-0.2, 0) is 29.8 Å². The summed E-state index contributed by atoms with van der Waals surface area (Å²) >= 11 is 0. The van der Waals surface area contributed by atoms with E-state index in [2.05, 4.69) is 5.32 Å². The SMILES string of the molecule is O=C(NCC1CCOCC1)[C@H]1C[C@@](c2ccc(C(F)(C(F)(F)F)C(F)(F)F)cc2)(S(=O)(=O)c2ccc(F)cc2)C1. The molecular formula is C26H25F8NO4S. The fourth-order valence-corrected chi connectivity index (χ4v) is 7.44. The number of nitrogens with one attached hydrogen (secondary N) is 1. The zero-order valence-corrected chi connectivity index (χ0v) is 21.6. The van der Waals surface area contributed by atoms with E-state index in [1.54, 1.807) is 0 Å². The summed E-state index contributed by atoms with van der Waals surface area (Å²) in [6.07, 6.45) is -11.9. The molecule has 0 bridgehead atoms. The van der Waals surface area contributed by atoms with Crippen molar-refractivity contribution in [2.24, 2.45) is 11.8 Å². The molecule has 4 rings (SSSR count). The van der Waals surface area contributed by atoms with Crippen molar-refractivity contribution in [3.05, 3.63) is 65.5 Å². The van der Waals surface area contributed by atoms with E-state index in [1.807, 2.05) is 0 Å². The number of amides is 1. The number of rotatable bonds is 7. The molecule has 0 spiro atoms. The third-order valence-electron chi connectivity index (χ3n) is 7.66. The van der Waals surface area contributed by atoms with Crippen molar-refractivity contribution in [2.45, 2.75) is 53.3 Å². The molecule has 1 amide bonds. The van der Waals surface area contributed by atoms with Crippen LogP contribution in [0, 0.1) is 17.7 Å². The molecule has 1 N–H and O–H groups in total. The molecule has 2 aromatic carbocycles. The molecule has 1 heterocycles. The first-order valence-electron chi connectivity index (χ1n) is 12.3. The van der Waals surface area contributed by atoms with Crippen LogP contribution in [0.3, 0.4) is 0 Å². The van der Waals surface area contributed by atoms with Crippen LogP contribution in [0.1, 0.15) is 36.8 Å². The van der Waals surface area contributed by atoms with E-state index in [0.717, 1.165) is 37.1 Å². The minimum absolute atomic E-state index is 0.168. The Morgan fingerprint density at radius 2 is 1.40 bits per heavy atom. The van der Waals surface area contributed by atoms with Crippen molar-refractivity contribution in [1.82, 2.24) is 5.32 Å². The number of ether oxygens (including phenoxy) is 1. The van der Waals surface area contributed by atoms with Gasteiger partial charge in [0.15, 0.2) is 9.84 Å². The first-order valence-corrected chi connectivity index (χ1v) is 13.8. The summed E-state index contributed by atoms with van der Waals surface area (Å²) in [4.78, 5) is 12.5. The number of carbonyl (C=O) groups is 1. The Morgan fingerprint density at radius 1 is 0.875 bits per heavy atom. The molecule has 1 aliphatic carbocycles. The van der Waals surface area contributed by atoms with Crippen molar-refractivity contribution >= 4 is 15.7 Å². The van der Waals surface area contributed by atoms with Gasteiger partial charge in [-0.05, 0) is 61.4 Å². The maximum atomic E-state index is 14.5. The van der Waals surface area contributed by atoms with Crippen LogP contribution in [0.4, 0.5) is 35.1 Å². The maximum absolute atomic E-state index is 14.5. The Hall–Kier alpha value is -2.74. The quantitative estimate of drug-likeness (QED) is 0.326. The maximum Gasteiger partial charge on any atom is 0.435 e. The standard InChI is InChI=1S/C26H25F8NO4S/c27-20-5-7-21(8-6-20)40(37,38)23(13-17(14-23)22(36)35-15-16-9-11-39-12-10-16)18-1-3-19(4-2-18)24(28,25(29,30)31)26(32,33)34/h1-8,16-17H,9-15H2,(H,35,36)/t17-,23+. The highest BCUT2D eigenvalue weighted by molar-refractivity contribution is 7.92. The second-order valence-corrected chi connectivity index (χ2v) is 12.3. The van der Waals surface area contributed by atoms with Gasteiger partial charge in [-0.25, -0.2) is 17.2 Å². The first-order chi connectivity index (χ1) is 18.5. The predicted octanol–water partition coefficient (Wildman–Crippen LogP) is 5.74. The van der Waals surface area contributed by atoms with Gasteiger partial charge in [0.05, 0.1) is 4.90 Å². The highest BCUT2D eigenvalue weighted by atomic mass is 32.2. The van der Waals surface area contributed by atoms with E-state index in [9.17, 15) is 48.3 Å². The molecule has 2 aliphatic rings. The third kappa shape index (κ3) is 5.19. The van der Waals surface area contributed by atoms with Gasteiger partial charge in [0.25, 0.3) is 0 Å². The number of carbonyl (C=O) groups excluding carboxylic acids is 1. The Kier molecular flexibility index (Phi) is 8.00. The Bertz CT molecular complexity index is 1300. The van der Waals surface area contributed by atoms with Crippen molar-refractivity contribution in [3.8, 4) is 0 Å². The Morgan fingerprint density at radius 3 is 1.90 bits per heavy atom. The summed E-state index contributed by atoms with van der Waals surface area (Å²) in [6.45, 7) is 1.42. The number of hydrogen-bond acceptors (Lipinski definition) is 4. The van der Waals surface area contributed by atoms with Crippen LogP contribution in [0.2, 0.25) is 0 Å². The zero-order valence-electron chi connectivity index (χ0n) is 20.8. The fraction of sp³-hybridized carbons (Fsp3) is 0.500. The van der Waals surface area contributed by atoms with Gasteiger partial charge in [0.1, 0.15) is 10.6 Å². The van der Waals surface area contributed by atoms with Crippen molar-refractivity contribution in [2.75, 3.05) is 19.8 Å². The van der Waals surface area contributed by atoms with Gasteiger partial charge in [0.2, 0.25) is 5.91 Å². The molecule has 0 unspecified atom stereocenters. The molecule has 5 nitrogen and oxygen atoms in total. The molecular weight excluding hydrogens is 574 g/mol. The lowest BCUT2D eigenvalue weighted by atomic mass is 9.69. The van der Waals surface area contributed by atoms with Gasteiger partial charge < -0.3 is 10.1 Å². The van der Waals surface area contributed by atoms with Crippen LogP contribution in [0.5, 0.6) is 0 Å². The van der Waals surface area contributed by atoms with Crippen LogP contribution in [0.15, 0.2) is 53.4 Å². The molecule has 1 saturated heterocycles. The normalized spacial score (nSPS) is 22.9. The summed E-state index contributed by atoms with van der Waals surface area (Å²) in [5.41, 5.74) is -7.68. The molecule has 1 saturated carbocycles. The average Bonchev–Trinajstić information content (AvgIpc) is 2.86. The topological polar surface area (TPSA) is 72.5 Å². The summed E-state index contributed by atoms with van der Waals surface area (Å²) in [5.74, 6) is -1.86. The summed E-state index contributed by atoms with van der Waals surface area (Å²) in [5, 5.41) is 2.77. The Balaban J connectivity index is 1.66. The monoisotopic (exact) mass is 599 g/mol. The van der Waals surface area contributed by atoms with Crippen LogP contribution < -0.4 is 5.32 Å². The molecule has 1 aliphatic heterocycles. The van der Waals surface area contributed by atoms with E-state index >= 15 is 0 Å². The van der Waals surface area contributed by atoms with E-state index in [0.29, 0.717) is 31.9 Å². The van der Waals surface area contributed by atoms with Gasteiger partial charge in [-0.1, -0.05) is 24.3 Å². The zero-order chi connectivity index (χ0) is 29.6. The molecule has 220 valence electrons. The number of halogens is 8. The van der Waals surface area contributed by atoms with E-state index in [-0.39, 0.29) is 41.4 Å². The van der Waals surface area contributed by atoms with Gasteiger partial charge >= 0.3 is 18.0 Å². The van der Waals surface area contributed by atoms with E-state index in [4.69, 9.17) is 4.74 Å². The third-order valence-corrected chi connectivity index (χ3v) is 10.1. The van der Waals surface area contributed by atoms with Gasteiger partial charge in [-0.2, -0.15) is 26.3 Å². The van der Waals surface area contributed by atoms with Crippen LogP contribution in [0.25, 0.3) is 0 Å². The average molecular weight is 600 g/mol. The summed E-state index contributed by atoms with van der Waals surface area (Å²) < 4.78 is 138. The minimum atomic E-state index is -6.34. The Labute approximate surface area is 224 Å². The largest absolute Gasteiger partial charge is 0.435 e. The molecule has 0 radical (unpaired) electrons. The highest BCUT2D eigenvalue weighted by Crippen LogP contribution is 2.56. The van der Waals surface area contributed by atoms with Gasteiger partial charge in [-0.15, -0.1) is 0 Å². The summed E-state index contributed by atoms with van der Waals surface area (Å²) in [6, 6.07) is 5.58. The van der Waals surface area contributed by atoms with E-state index in [1.165, 1.54) is 0 Å². The minimum Gasteiger partial charge on any atom is -0.381 e. The molecule has 2 fully saturated rings. The number of alkyl halides is 7. The highest BCUT2D eigenvalue weighted by Gasteiger charge is 2.73. The first kappa shape index (κ1) is 30.2. The molecule has 40 heavy (non-hydrogen) atoms. The smallest absolute Gasteiger partial charge is 0.381 e. The second-order valence-electron chi connectivity index (χ2n) is 10.1. The lowest BCUT2D eigenvalue weighted by Gasteiger charge is -2.46. The molecule has 14 heteroatoms. The van der Waals surface area contributed by atoms with Gasteiger partial charge in [-0.3, -0.25) is 4.79 Å². The van der Waals surface area contributed by atoms with E-state index < -0.39 is 55.8 Å². The number of sulfone groups is 1. The fourth-order valence-electron chi connectivity index (χ4n) is 5.20. The van der Waals surface area contributed by atoms with Crippen LogP contribution in [-0.4, -0.2) is 46.4 Å². The van der Waals surface area contributed by atoms with Gasteiger partial charge in [0, 0.05) is 31.2 Å². The number of benzene rings is 2. The summed E-state index contributed by atoms with van der Waals surface area (Å²) in [7, 11) is -4.44. The number of hydrogen-bond donors (Lipinski definition) is 1. The van der Waals surface area contributed by atoms with Crippen molar-refractivity contribution in [3.63, 3.8) is 0 Å². The van der Waals surface area contributed by atoms with Crippen LogP contribution >= 0.6 is 0 Å². The predicted molar refractivity (Wildman–Crippen MR) is 126 cm³/mol. The second kappa shape index (κ2) is 10.6. The molecule has 0 aromatic heterocycles. The molecule has 2 aromatic rings. The van der Waals surface area contributed by atoms with Crippen molar-refractivity contribution in [1.29, 1.82) is 0 Å². The lowest BCUT2D eigenvalue weighted by Crippen LogP contribution is -2.53. The lowest BCUT2D eigenvalue weighted by molar-refractivity contribution is -0.348.